The van der Waals surface area contributed by atoms with E-state index >= 15 is 0 Å². The van der Waals surface area contributed by atoms with Crippen molar-refractivity contribution < 1.29 is 4.74 Å². The average molecular weight is 800 g/mol. The number of fused-ring (bicyclic) bond motifs is 18. The van der Waals surface area contributed by atoms with Crippen LogP contribution in [0.3, 0.4) is 0 Å². The number of nitrogens with zero attached hydrogens (tertiary/aromatic N) is 4. The Labute approximate surface area is 367 Å². The van der Waals surface area contributed by atoms with Gasteiger partial charge >= 0.3 is 6.85 Å². The normalized spacial score (nSPS) is 18.5. The third-order valence-corrected chi connectivity index (χ3v) is 15.4. The number of benzene rings is 8. The summed E-state index contributed by atoms with van der Waals surface area (Å²) in [6.07, 6.45) is 7.17. The first-order valence-electron chi connectivity index (χ1n) is 22.4. The molecule has 0 aromatic heterocycles. The smallest absolute Gasteiger partial charge is 0.333 e. The lowest BCUT2D eigenvalue weighted by atomic mass is 9.29. The third kappa shape index (κ3) is 3.84. The molecule has 8 aromatic carbocycles. The van der Waals surface area contributed by atoms with Crippen molar-refractivity contribution in [2.45, 2.75) is 13.0 Å². The van der Waals surface area contributed by atoms with Gasteiger partial charge < -0.3 is 24.2 Å². The van der Waals surface area contributed by atoms with Crippen LogP contribution in [-0.4, -0.2) is 26.3 Å². The maximum atomic E-state index is 7.17. The first-order chi connectivity index (χ1) is 31.2. The second-order valence-corrected chi connectivity index (χ2v) is 18.3. The lowest BCUT2D eigenvalue weighted by molar-refractivity contribution is 0.488. The number of hydrogen-bond acceptors (Lipinski definition) is 5. The summed E-state index contributed by atoms with van der Waals surface area (Å²) in [6, 6.07) is 61.5. The van der Waals surface area contributed by atoms with Gasteiger partial charge in [0, 0.05) is 39.7 Å². The van der Waals surface area contributed by atoms with Gasteiger partial charge in [0.15, 0.2) is 0 Å². The molecule has 2 unspecified atom stereocenters. The number of rotatable bonds is 1. The zero-order chi connectivity index (χ0) is 40.8. The quantitative estimate of drug-likeness (QED) is 0.156. The summed E-state index contributed by atoms with van der Waals surface area (Å²) in [5.41, 5.74) is 25.7. The summed E-state index contributed by atoms with van der Waals surface area (Å²) < 4.78 is 7.17. The molecule has 2 atom stereocenters. The Balaban J connectivity index is 1.10. The van der Waals surface area contributed by atoms with Crippen molar-refractivity contribution in [1.82, 2.24) is 0 Å². The fraction of sp³-hybridized carbons (Fsp3) is 0.0545. The highest BCUT2D eigenvalue weighted by Gasteiger charge is 2.58. The number of allylic oxidation sites excluding steroid dienone is 2. The van der Waals surface area contributed by atoms with Gasteiger partial charge in [-0.2, -0.15) is 0 Å². The Morgan fingerprint density at radius 1 is 0.476 bits per heavy atom. The summed E-state index contributed by atoms with van der Waals surface area (Å²) in [4.78, 5) is 10.6. The van der Waals surface area contributed by atoms with Gasteiger partial charge in [-0.15, -0.1) is 0 Å². The monoisotopic (exact) mass is 800 g/mol. The molecular weight excluding hydrogens is 765 g/mol. The molecule has 8 heteroatoms. The molecule has 8 aliphatic rings. The van der Waals surface area contributed by atoms with Crippen molar-refractivity contribution >= 4 is 115 Å². The SMILES string of the molecule is CC1C=CC=C2B3c4ccccc4N(c4ccccc4)c4cc5c6c(c43)N(c3ccccc3B6N3c4ccccc4N4c6ccccc6B6c7ccccc7Oc7cc-5c3c4c76)C21. The van der Waals surface area contributed by atoms with Crippen LogP contribution in [0.5, 0.6) is 11.5 Å². The molecule has 16 rings (SSSR count). The minimum Gasteiger partial charge on any atom is -0.458 e. The number of hydrogen-bond donors (Lipinski definition) is 0. The topological polar surface area (TPSA) is 22.2 Å². The van der Waals surface area contributed by atoms with Crippen molar-refractivity contribution in [3.8, 4) is 22.6 Å². The number of ether oxygens (including phenoxy) is 1. The molecule has 0 spiro atoms. The van der Waals surface area contributed by atoms with Crippen LogP contribution in [-0.2, 0) is 0 Å². The Morgan fingerprint density at radius 3 is 1.94 bits per heavy atom. The zero-order valence-corrected chi connectivity index (χ0v) is 34.4. The van der Waals surface area contributed by atoms with E-state index in [9.17, 15) is 0 Å². The molecule has 0 saturated heterocycles. The molecular formula is C55H35B3N4O. The summed E-state index contributed by atoms with van der Waals surface area (Å²) in [5.74, 6) is 2.17. The summed E-state index contributed by atoms with van der Waals surface area (Å²) in [6.45, 7) is 2.47. The number of para-hydroxylation sites is 7. The standard InChI is InChI=1S/C55H35B3N4O/c1-32-16-15-23-40-52(32)61-43-26-11-7-21-38(43)58-49-34(30-46-50(54(49)61)57(40)36-19-5-9-24-41(36)59(46)33-17-3-2-4-18-33)35-31-48-51-55-53(35)62(58)45-28-13-12-27-44(45)60(55)42-25-10-6-20-37(42)56(51)39-22-8-14-29-47(39)63-48/h2-32,52H,1H3. The Morgan fingerprint density at radius 2 is 1.13 bits per heavy atom. The molecule has 0 fully saturated rings. The molecule has 8 aromatic rings. The molecule has 7 heterocycles. The largest absolute Gasteiger partial charge is 0.458 e. The predicted molar refractivity (Wildman–Crippen MR) is 263 cm³/mol. The molecule has 63 heavy (non-hydrogen) atoms. The maximum Gasteiger partial charge on any atom is 0.333 e. The Bertz CT molecular complexity index is 3490. The van der Waals surface area contributed by atoms with Crippen molar-refractivity contribution in [1.29, 1.82) is 0 Å². The lowest BCUT2D eigenvalue weighted by Gasteiger charge is -2.57. The van der Waals surface area contributed by atoms with E-state index in [2.05, 4.69) is 208 Å². The average Bonchev–Trinajstić information content (AvgIpc) is 3.34. The van der Waals surface area contributed by atoms with Gasteiger partial charge in [-0.05, 0) is 110 Å². The summed E-state index contributed by atoms with van der Waals surface area (Å²) >= 11 is 0. The van der Waals surface area contributed by atoms with E-state index in [-0.39, 0.29) is 26.3 Å². The lowest BCUT2D eigenvalue weighted by Crippen LogP contribution is -2.71. The van der Waals surface area contributed by atoms with Crippen LogP contribution in [0.4, 0.5) is 56.9 Å². The Hall–Kier alpha value is -7.57. The molecule has 290 valence electrons. The molecule has 0 radical (unpaired) electrons. The van der Waals surface area contributed by atoms with Gasteiger partial charge in [-0.25, -0.2) is 0 Å². The fourth-order valence-corrected chi connectivity index (χ4v) is 13.3. The highest BCUT2D eigenvalue weighted by Crippen LogP contribution is 2.60. The summed E-state index contributed by atoms with van der Waals surface area (Å²) in [5, 5.41) is 0. The van der Waals surface area contributed by atoms with E-state index in [1.807, 2.05) is 0 Å². The maximum absolute atomic E-state index is 7.17. The fourth-order valence-electron chi connectivity index (χ4n) is 13.3. The van der Waals surface area contributed by atoms with E-state index in [0.29, 0.717) is 5.92 Å². The molecule has 0 N–H and O–H groups in total. The minimum absolute atomic E-state index is 0.0296. The first-order valence-corrected chi connectivity index (χ1v) is 22.4. The van der Waals surface area contributed by atoms with Crippen molar-refractivity contribution in [3.05, 3.63) is 187 Å². The highest BCUT2D eigenvalue weighted by molar-refractivity contribution is 7.01. The second kappa shape index (κ2) is 11.5. The summed E-state index contributed by atoms with van der Waals surface area (Å²) in [7, 11) is 0. The first kappa shape index (κ1) is 33.1. The van der Waals surface area contributed by atoms with Crippen LogP contribution in [0.2, 0.25) is 0 Å². The van der Waals surface area contributed by atoms with Gasteiger partial charge in [0.25, 0.3) is 6.71 Å². The van der Waals surface area contributed by atoms with E-state index in [1.165, 1.54) is 106 Å². The van der Waals surface area contributed by atoms with Gasteiger partial charge in [0.2, 0.25) is 6.71 Å². The zero-order valence-electron chi connectivity index (χ0n) is 34.4. The molecule has 7 aliphatic heterocycles. The van der Waals surface area contributed by atoms with Gasteiger partial charge in [-0.3, -0.25) is 0 Å². The second-order valence-electron chi connectivity index (χ2n) is 18.3. The van der Waals surface area contributed by atoms with Crippen LogP contribution in [0.25, 0.3) is 11.1 Å². The van der Waals surface area contributed by atoms with Crippen LogP contribution >= 0.6 is 0 Å². The highest BCUT2D eigenvalue weighted by atomic mass is 16.5. The third-order valence-electron chi connectivity index (χ3n) is 15.4. The molecule has 0 amide bonds. The number of anilines is 10. The van der Waals surface area contributed by atoms with Gasteiger partial charge in [0.1, 0.15) is 11.5 Å². The van der Waals surface area contributed by atoms with Crippen LogP contribution in [0.1, 0.15) is 6.92 Å². The van der Waals surface area contributed by atoms with Crippen molar-refractivity contribution in [3.63, 3.8) is 0 Å². The van der Waals surface area contributed by atoms with E-state index in [1.54, 1.807) is 0 Å². The van der Waals surface area contributed by atoms with Crippen LogP contribution in [0.15, 0.2) is 187 Å². The van der Waals surface area contributed by atoms with Gasteiger partial charge in [0.05, 0.1) is 28.8 Å². The van der Waals surface area contributed by atoms with Crippen molar-refractivity contribution in [2.75, 3.05) is 19.5 Å². The van der Waals surface area contributed by atoms with Crippen LogP contribution in [0, 0.1) is 5.92 Å². The molecule has 5 nitrogen and oxygen atoms in total. The molecule has 0 bridgehead atoms. The van der Waals surface area contributed by atoms with E-state index < -0.39 is 0 Å². The molecule has 0 saturated carbocycles. The van der Waals surface area contributed by atoms with Crippen molar-refractivity contribution in [2.24, 2.45) is 5.92 Å². The van der Waals surface area contributed by atoms with E-state index in [4.69, 9.17) is 4.74 Å². The van der Waals surface area contributed by atoms with Gasteiger partial charge in [-0.1, -0.05) is 134 Å². The van der Waals surface area contributed by atoms with E-state index in [0.717, 1.165) is 17.2 Å². The van der Waals surface area contributed by atoms with Crippen LogP contribution < -0.4 is 62.5 Å². The Kier molecular flexibility index (Phi) is 6.03. The minimum atomic E-state index is -0.0757. The molecule has 1 aliphatic carbocycles. The predicted octanol–water partition coefficient (Wildman–Crippen LogP) is 8.23.